The number of nitrogens with one attached hydrogen (secondary N) is 2. The van der Waals surface area contributed by atoms with Crippen molar-refractivity contribution in [1.82, 2.24) is 19.9 Å². The average molecular weight is 506 g/mol. The maximum absolute atomic E-state index is 11.6. The van der Waals surface area contributed by atoms with Crippen molar-refractivity contribution in [1.29, 1.82) is 0 Å². The zero-order valence-electron chi connectivity index (χ0n) is 21.9. The van der Waals surface area contributed by atoms with Crippen LogP contribution < -0.4 is 54.9 Å². The van der Waals surface area contributed by atoms with Gasteiger partial charge in [0.2, 0.25) is 17.8 Å². The van der Waals surface area contributed by atoms with Gasteiger partial charge in [0.25, 0.3) is 0 Å². The molecule has 11 heteroatoms. The molecule has 0 amide bonds. The summed E-state index contributed by atoms with van der Waals surface area (Å²) in [4.78, 5) is 30.1. The molecule has 1 saturated carbocycles. The van der Waals surface area contributed by atoms with Gasteiger partial charge in [-0.25, -0.2) is 0 Å². The summed E-state index contributed by atoms with van der Waals surface area (Å²) in [6.45, 7) is 2.08. The Morgan fingerprint density at radius 2 is 1.72 bits per heavy atom. The van der Waals surface area contributed by atoms with Gasteiger partial charge in [0.1, 0.15) is 5.75 Å². The molecule has 4 rings (SSSR count). The number of carbonyl (C=O) groups is 1. The molecule has 1 aliphatic carbocycles. The first kappa shape index (κ1) is 28.4. The number of ether oxygens (including phenoxy) is 1. The number of carboxylic acid groups (broad SMARTS) is 1. The Bertz CT molecular complexity index is 1010. The van der Waals surface area contributed by atoms with Crippen molar-refractivity contribution < 1.29 is 44.2 Å². The van der Waals surface area contributed by atoms with Crippen LogP contribution in [0.25, 0.3) is 0 Å². The number of aromatic carboxylic acids is 1. The van der Waals surface area contributed by atoms with Crippen molar-refractivity contribution in [3.05, 3.63) is 23.8 Å². The SMILES string of the molecule is COc1ccc(Nc2nc(NC3CCCCCC3)nc(N(C)C3CCN(C)CC3)n2)cc1C(=O)[O-].[Na+]. The van der Waals surface area contributed by atoms with Gasteiger partial charge in [-0.2, -0.15) is 15.0 Å². The van der Waals surface area contributed by atoms with Crippen molar-refractivity contribution in [3.63, 3.8) is 0 Å². The third-order valence-electron chi connectivity index (χ3n) is 7.04. The Kier molecular flexibility index (Phi) is 10.6. The fourth-order valence-corrected chi connectivity index (χ4v) is 4.87. The molecule has 1 aromatic carbocycles. The molecule has 0 spiro atoms. The van der Waals surface area contributed by atoms with Gasteiger partial charge in [-0.1, -0.05) is 25.7 Å². The first-order chi connectivity index (χ1) is 16.9. The van der Waals surface area contributed by atoms with E-state index in [1.54, 1.807) is 12.1 Å². The Labute approximate surface area is 235 Å². The summed E-state index contributed by atoms with van der Waals surface area (Å²) in [5.74, 6) is 0.434. The third-order valence-corrected chi connectivity index (χ3v) is 7.04. The molecule has 0 bridgehead atoms. The van der Waals surface area contributed by atoms with E-state index in [-0.39, 0.29) is 40.9 Å². The number of methoxy groups -OCH3 is 1. The molecule has 1 aliphatic heterocycles. The molecule has 2 fully saturated rings. The predicted molar refractivity (Wildman–Crippen MR) is 134 cm³/mol. The number of hydrogen-bond donors (Lipinski definition) is 2. The molecule has 190 valence electrons. The largest absolute Gasteiger partial charge is 1.00 e. The molecule has 36 heavy (non-hydrogen) atoms. The number of anilines is 4. The average Bonchev–Trinajstić information content (AvgIpc) is 3.12. The summed E-state index contributed by atoms with van der Waals surface area (Å²) >= 11 is 0. The van der Waals surface area contributed by atoms with Gasteiger partial charge < -0.3 is 35.1 Å². The van der Waals surface area contributed by atoms with Gasteiger partial charge >= 0.3 is 29.6 Å². The zero-order valence-corrected chi connectivity index (χ0v) is 23.9. The van der Waals surface area contributed by atoms with E-state index in [4.69, 9.17) is 14.7 Å². The standard InChI is InChI=1S/C25H37N7O3.Na/c1-31-14-12-19(13-15-31)32(2)25-29-23(26-17-8-6-4-5-7-9-17)28-24(30-25)27-18-10-11-21(35-3)20(16-18)22(33)34;/h10-11,16-17,19H,4-9,12-15H2,1-3H3,(H,33,34)(H2,26,27,28,29,30);/q;+1/p-1. The van der Waals surface area contributed by atoms with Gasteiger partial charge in [-0.3, -0.25) is 0 Å². The number of hydrogen-bond acceptors (Lipinski definition) is 10. The summed E-state index contributed by atoms with van der Waals surface area (Å²) in [6.07, 6.45) is 9.22. The van der Waals surface area contributed by atoms with Crippen LogP contribution in [0.1, 0.15) is 61.7 Å². The van der Waals surface area contributed by atoms with Crippen LogP contribution in [0.15, 0.2) is 18.2 Å². The maximum Gasteiger partial charge on any atom is 1.00 e. The van der Waals surface area contributed by atoms with Crippen LogP contribution in [0.4, 0.5) is 23.5 Å². The molecule has 10 nitrogen and oxygen atoms in total. The van der Waals surface area contributed by atoms with Crippen molar-refractivity contribution in [2.75, 3.05) is 49.8 Å². The monoisotopic (exact) mass is 505 g/mol. The quantitative estimate of drug-likeness (QED) is 0.364. The first-order valence-corrected chi connectivity index (χ1v) is 12.5. The Hall–Kier alpha value is -2.14. The third kappa shape index (κ3) is 7.44. The van der Waals surface area contributed by atoms with Gasteiger partial charge in [-0.15, -0.1) is 0 Å². The van der Waals surface area contributed by atoms with Crippen LogP contribution in [0.2, 0.25) is 0 Å². The normalized spacial score (nSPS) is 17.5. The van der Waals surface area contributed by atoms with Gasteiger partial charge in [0.15, 0.2) is 0 Å². The summed E-state index contributed by atoms with van der Waals surface area (Å²) in [5, 5.41) is 18.3. The number of likely N-dealkylation sites (tertiary alicyclic amines) is 1. The fourth-order valence-electron chi connectivity index (χ4n) is 4.87. The maximum atomic E-state index is 11.6. The minimum atomic E-state index is -1.31. The number of benzene rings is 1. The van der Waals surface area contributed by atoms with Crippen LogP contribution in [0.5, 0.6) is 5.75 Å². The van der Waals surface area contributed by atoms with Crippen LogP contribution in [0, 0.1) is 0 Å². The number of carbonyl (C=O) groups excluding carboxylic acids is 1. The minimum absolute atomic E-state index is 0. The second-order valence-electron chi connectivity index (χ2n) is 9.59. The van der Waals surface area contributed by atoms with Crippen LogP contribution >= 0.6 is 0 Å². The number of aromatic nitrogens is 3. The van der Waals surface area contributed by atoms with Crippen molar-refractivity contribution in [3.8, 4) is 5.75 Å². The molecule has 1 aromatic heterocycles. The summed E-state index contributed by atoms with van der Waals surface area (Å²) in [6, 6.07) is 5.47. The number of nitrogens with zero attached hydrogens (tertiary/aromatic N) is 5. The molecule has 0 unspecified atom stereocenters. The van der Waals surface area contributed by atoms with Crippen LogP contribution in [-0.2, 0) is 0 Å². The van der Waals surface area contributed by atoms with E-state index >= 15 is 0 Å². The van der Waals surface area contributed by atoms with Crippen LogP contribution in [-0.4, -0.2) is 72.2 Å². The van der Waals surface area contributed by atoms with Crippen molar-refractivity contribution in [2.45, 2.75) is 63.5 Å². The predicted octanol–water partition coefficient (Wildman–Crippen LogP) is -0.344. The summed E-state index contributed by atoms with van der Waals surface area (Å²) in [5.41, 5.74) is 0.497. The van der Waals surface area contributed by atoms with E-state index < -0.39 is 5.97 Å². The summed E-state index contributed by atoms with van der Waals surface area (Å²) < 4.78 is 5.14. The molecule has 2 heterocycles. The minimum Gasteiger partial charge on any atom is -0.545 e. The molecule has 0 atom stereocenters. The van der Waals surface area contributed by atoms with Crippen molar-refractivity contribution in [2.24, 2.45) is 0 Å². The first-order valence-electron chi connectivity index (χ1n) is 12.5. The number of piperidine rings is 1. The van der Waals surface area contributed by atoms with E-state index in [1.807, 2.05) is 7.05 Å². The van der Waals surface area contributed by atoms with Gasteiger partial charge in [-0.05, 0) is 64.0 Å². The second-order valence-corrected chi connectivity index (χ2v) is 9.59. The molecule has 2 aliphatic rings. The summed E-state index contributed by atoms with van der Waals surface area (Å²) in [7, 11) is 5.61. The van der Waals surface area contributed by atoms with Crippen LogP contribution in [0.3, 0.4) is 0 Å². The number of rotatable bonds is 8. The molecular weight excluding hydrogens is 469 g/mol. The Balaban J connectivity index is 0.00000361. The van der Waals surface area contributed by atoms with E-state index in [0.717, 1.165) is 38.8 Å². The zero-order chi connectivity index (χ0) is 24.8. The molecule has 0 radical (unpaired) electrons. The van der Waals surface area contributed by atoms with E-state index in [1.165, 1.54) is 38.9 Å². The topological polar surface area (TPSA) is 119 Å². The molecule has 2 aromatic rings. The smallest absolute Gasteiger partial charge is 0.545 e. The number of carboxylic acids is 1. The van der Waals surface area contributed by atoms with Gasteiger partial charge in [0.05, 0.1) is 13.1 Å². The van der Waals surface area contributed by atoms with E-state index in [9.17, 15) is 9.90 Å². The van der Waals surface area contributed by atoms with Crippen molar-refractivity contribution >= 4 is 29.5 Å². The molecule has 1 saturated heterocycles. The second kappa shape index (κ2) is 13.4. The van der Waals surface area contributed by atoms with Gasteiger partial charge in [0, 0.05) is 30.4 Å². The Morgan fingerprint density at radius 1 is 1.06 bits per heavy atom. The van der Waals surface area contributed by atoms with E-state index in [0.29, 0.717) is 35.6 Å². The van der Waals surface area contributed by atoms with E-state index in [2.05, 4.69) is 32.5 Å². The Morgan fingerprint density at radius 3 is 2.36 bits per heavy atom. The molecule has 2 N–H and O–H groups in total. The fraction of sp³-hybridized carbons (Fsp3) is 0.600. The molecular formula is C25H36N7NaO3.